The summed E-state index contributed by atoms with van der Waals surface area (Å²) in [6.07, 6.45) is 1.51. The maximum Gasteiger partial charge on any atom is 0.411 e. The second-order valence-corrected chi connectivity index (χ2v) is 5.61. The third kappa shape index (κ3) is 4.10. The molecule has 2 aromatic carbocycles. The van der Waals surface area contributed by atoms with Crippen molar-refractivity contribution in [2.24, 2.45) is 0 Å². The summed E-state index contributed by atoms with van der Waals surface area (Å²) < 4.78 is 5.15. The molecule has 118 valence electrons. The minimum atomic E-state index is -1.01. The molecule has 0 radical (unpaired) electrons. The van der Waals surface area contributed by atoms with Crippen LogP contribution >= 0.6 is 0 Å². The summed E-state index contributed by atoms with van der Waals surface area (Å²) in [6, 6.07) is 14.3. The Morgan fingerprint density at radius 3 is 2.52 bits per heavy atom. The van der Waals surface area contributed by atoms with Gasteiger partial charge >= 0.3 is 12.1 Å². The molecule has 0 bridgehead atoms. The molecule has 23 heavy (non-hydrogen) atoms. The third-order valence-electron chi connectivity index (χ3n) is 3.71. The van der Waals surface area contributed by atoms with Gasteiger partial charge in [-0.3, -0.25) is 5.32 Å². The molecule has 5 nitrogen and oxygen atoms in total. The second kappa shape index (κ2) is 6.52. The molecule has 0 aromatic heterocycles. The highest BCUT2D eigenvalue weighted by atomic mass is 16.5. The number of benzene rings is 2. The largest absolute Gasteiger partial charge is 0.478 e. The van der Waals surface area contributed by atoms with Gasteiger partial charge in [0, 0.05) is 5.69 Å². The van der Waals surface area contributed by atoms with Gasteiger partial charge in [-0.2, -0.15) is 0 Å². The van der Waals surface area contributed by atoms with E-state index in [0.29, 0.717) is 11.6 Å². The van der Waals surface area contributed by atoms with Gasteiger partial charge in [-0.05, 0) is 48.1 Å². The molecule has 0 aliphatic heterocycles. The number of ether oxygens (including phenoxy) is 1. The molecule has 0 heterocycles. The number of carbonyl (C=O) groups excluding carboxylic acids is 1. The fourth-order valence-corrected chi connectivity index (χ4v) is 2.38. The first kappa shape index (κ1) is 15.1. The third-order valence-corrected chi connectivity index (χ3v) is 3.71. The quantitative estimate of drug-likeness (QED) is 0.874. The molecule has 0 spiro atoms. The van der Waals surface area contributed by atoms with Gasteiger partial charge in [0.2, 0.25) is 0 Å². The number of carboxylic acids is 1. The minimum absolute atomic E-state index is 0.167. The fraction of sp³-hybridized carbons (Fsp3) is 0.222. The molecule has 1 amide bonds. The summed E-state index contributed by atoms with van der Waals surface area (Å²) in [5.41, 5.74) is 2.46. The Morgan fingerprint density at radius 2 is 1.87 bits per heavy atom. The average Bonchev–Trinajstić information content (AvgIpc) is 3.38. The molecule has 3 rings (SSSR count). The first-order valence-corrected chi connectivity index (χ1v) is 7.48. The van der Waals surface area contributed by atoms with Crippen molar-refractivity contribution in [3.05, 3.63) is 65.2 Å². The van der Waals surface area contributed by atoms with E-state index in [9.17, 15) is 14.7 Å². The van der Waals surface area contributed by atoms with Gasteiger partial charge in [-0.15, -0.1) is 0 Å². The summed E-state index contributed by atoms with van der Waals surface area (Å²) in [6.45, 7) is 0.167. The second-order valence-electron chi connectivity index (χ2n) is 5.61. The minimum Gasteiger partial charge on any atom is -0.478 e. The number of carbonyl (C=O) groups is 2. The number of hydrogen-bond acceptors (Lipinski definition) is 3. The summed E-state index contributed by atoms with van der Waals surface area (Å²) in [7, 11) is 0. The average molecular weight is 311 g/mol. The molecule has 1 aliphatic rings. The molecule has 0 atom stereocenters. The van der Waals surface area contributed by atoms with Crippen molar-refractivity contribution in [3.63, 3.8) is 0 Å². The lowest BCUT2D eigenvalue weighted by Gasteiger charge is -2.10. The SMILES string of the molecule is O=C(Nc1cc(C(=O)O)cc(C2CC2)c1)OCc1ccccc1. The molecule has 0 unspecified atom stereocenters. The monoisotopic (exact) mass is 311 g/mol. The number of hydrogen-bond donors (Lipinski definition) is 2. The molecule has 2 aromatic rings. The molecule has 1 fully saturated rings. The lowest BCUT2D eigenvalue weighted by molar-refractivity contribution is 0.0696. The van der Waals surface area contributed by atoms with Crippen molar-refractivity contribution < 1.29 is 19.4 Å². The van der Waals surface area contributed by atoms with E-state index in [2.05, 4.69) is 5.32 Å². The normalized spacial score (nSPS) is 13.4. The van der Waals surface area contributed by atoms with Crippen molar-refractivity contribution in [1.82, 2.24) is 0 Å². The van der Waals surface area contributed by atoms with E-state index >= 15 is 0 Å². The molecule has 5 heteroatoms. The van der Waals surface area contributed by atoms with Crippen LogP contribution < -0.4 is 5.32 Å². The van der Waals surface area contributed by atoms with E-state index in [0.717, 1.165) is 24.0 Å². The highest BCUT2D eigenvalue weighted by Crippen LogP contribution is 2.41. The van der Waals surface area contributed by atoms with Crippen molar-refractivity contribution in [1.29, 1.82) is 0 Å². The van der Waals surface area contributed by atoms with E-state index in [1.165, 1.54) is 6.07 Å². The van der Waals surface area contributed by atoms with E-state index < -0.39 is 12.1 Å². The Hall–Kier alpha value is -2.82. The van der Waals surface area contributed by atoms with Crippen LogP contribution in [0, 0.1) is 0 Å². The van der Waals surface area contributed by atoms with Gasteiger partial charge in [0.25, 0.3) is 0 Å². The van der Waals surface area contributed by atoms with Gasteiger partial charge in [-0.1, -0.05) is 30.3 Å². The zero-order chi connectivity index (χ0) is 16.2. The maximum absolute atomic E-state index is 11.9. The molecular formula is C18H17NO4. The number of amides is 1. The van der Waals surface area contributed by atoms with Crippen LogP contribution in [0.3, 0.4) is 0 Å². The van der Waals surface area contributed by atoms with Crippen LogP contribution in [0.15, 0.2) is 48.5 Å². The molecular weight excluding hydrogens is 294 g/mol. The van der Waals surface area contributed by atoms with E-state index in [1.54, 1.807) is 6.07 Å². The van der Waals surface area contributed by atoms with Crippen molar-refractivity contribution >= 4 is 17.7 Å². The lowest BCUT2D eigenvalue weighted by atomic mass is 10.1. The number of nitrogens with one attached hydrogen (secondary N) is 1. The number of aromatic carboxylic acids is 1. The smallest absolute Gasteiger partial charge is 0.411 e. The van der Waals surface area contributed by atoms with Crippen LogP contribution in [0.2, 0.25) is 0 Å². The van der Waals surface area contributed by atoms with Crippen molar-refractivity contribution in [3.8, 4) is 0 Å². The van der Waals surface area contributed by atoms with Crippen LogP contribution in [0.25, 0.3) is 0 Å². The molecule has 0 saturated heterocycles. The first-order valence-electron chi connectivity index (χ1n) is 7.48. The number of carboxylic acid groups (broad SMARTS) is 1. The summed E-state index contributed by atoms with van der Waals surface area (Å²) in [5.74, 6) is -0.608. The highest BCUT2D eigenvalue weighted by molar-refractivity contribution is 5.92. The van der Waals surface area contributed by atoms with Crippen LogP contribution in [0.1, 0.15) is 40.2 Å². The van der Waals surface area contributed by atoms with Gasteiger partial charge in [0.15, 0.2) is 0 Å². The Balaban J connectivity index is 1.66. The van der Waals surface area contributed by atoms with Crippen molar-refractivity contribution in [2.75, 3.05) is 5.32 Å². The van der Waals surface area contributed by atoms with E-state index in [-0.39, 0.29) is 12.2 Å². The van der Waals surface area contributed by atoms with Crippen LogP contribution in [-0.2, 0) is 11.3 Å². The summed E-state index contributed by atoms with van der Waals surface area (Å²) in [4.78, 5) is 23.1. The van der Waals surface area contributed by atoms with E-state index in [4.69, 9.17) is 4.74 Å². The Morgan fingerprint density at radius 1 is 1.13 bits per heavy atom. The molecule has 1 aliphatic carbocycles. The van der Waals surface area contributed by atoms with Crippen LogP contribution in [0.4, 0.5) is 10.5 Å². The highest BCUT2D eigenvalue weighted by Gasteiger charge is 2.25. The Kier molecular flexibility index (Phi) is 4.28. The van der Waals surface area contributed by atoms with Gasteiger partial charge in [0.1, 0.15) is 6.61 Å². The topological polar surface area (TPSA) is 75.6 Å². The number of rotatable bonds is 5. The molecule has 1 saturated carbocycles. The van der Waals surface area contributed by atoms with Gasteiger partial charge in [-0.25, -0.2) is 9.59 Å². The fourth-order valence-electron chi connectivity index (χ4n) is 2.38. The standard InChI is InChI=1S/C18H17NO4/c20-17(21)15-8-14(13-6-7-13)9-16(10-15)19-18(22)23-11-12-4-2-1-3-5-12/h1-5,8-10,13H,6-7,11H2,(H,19,22)(H,20,21). The van der Waals surface area contributed by atoms with Gasteiger partial charge in [0.05, 0.1) is 5.56 Å². The first-order chi connectivity index (χ1) is 11.1. The van der Waals surface area contributed by atoms with Crippen LogP contribution in [-0.4, -0.2) is 17.2 Å². The van der Waals surface area contributed by atoms with Crippen LogP contribution in [0.5, 0.6) is 0 Å². The predicted molar refractivity (Wildman–Crippen MR) is 85.6 cm³/mol. The number of anilines is 1. The Bertz CT molecular complexity index is 723. The summed E-state index contributed by atoms with van der Waals surface area (Å²) >= 11 is 0. The van der Waals surface area contributed by atoms with Gasteiger partial charge < -0.3 is 9.84 Å². The molecule has 2 N–H and O–H groups in total. The van der Waals surface area contributed by atoms with E-state index in [1.807, 2.05) is 36.4 Å². The maximum atomic E-state index is 11.9. The zero-order valence-electron chi connectivity index (χ0n) is 12.5. The summed E-state index contributed by atoms with van der Waals surface area (Å²) in [5, 5.41) is 11.8. The lowest BCUT2D eigenvalue weighted by Crippen LogP contribution is -2.14. The zero-order valence-corrected chi connectivity index (χ0v) is 12.5. The van der Waals surface area contributed by atoms with Crippen molar-refractivity contribution in [2.45, 2.75) is 25.4 Å². The Labute approximate surface area is 133 Å². The predicted octanol–water partition coefficient (Wildman–Crippen LogP) is 4.01.